The van der Waals surface area contributed by atoms with Crippen molar-refractivity contribution in [3.05, 3.63) is 58.4 Å². The van der Waals surface area contributed by atoms with Gasteiger partial charge in [0.15, 0.2) is 16.6 Å². The normalized spacial score (nSPS) is 15.2. The molecule has 4 rings (SSSR count). The topological polar surface area (TPSA) is 85.1 Å². The molecule has 1 aliphatic rings. The summed E-state index contributed by atoms with van der Waals surface area (Å²) >= 11 is 5.74. The molecule has 180 valence electrons. The molecule has 1 aromatic heterocycles. The van der Waals surface area contributed by atoms with Crippen LogP contribution in [0.1, 0.15) is 18.4 Å². The molecule has 2 heterocycles. The summed E-state index contributed by atoms with van der Waals surface area (Å²) in [7, 11) is 4.78. The van der Waals surface area contributed by atoms with Crippen molar-refractivity contribution >= 4 is 33.9 Å². The molecular weight excluding hydrogens is 454 g/mol. The minimum absolute atomic E-state index is 0.0690. The smallest absolute Gasteiger partial charge is 0.253 e. The van der Waals surface area contributed by atoms with Crippen molar-refractivity contribution in [2.75, 3.05) is 39.8 Å². The number of fused-ring (bicyclic) bond motifs is 1. The van der Waals surface area contributed by atoms with Crippen LogP contribution in [-0.4, -0.2) is 55.6 Å². The highest BCUT2D eigenvalue weighted by Crippen LogP contribution is 2.31. The van der Waals surface area contributed by atoms with E-state index in [1.54, 1.807) is 27.4 Å². The van der Waals surface area contributed by atoms with Gasteiger partial charge in [-0.1, -0.05) is 0 Å². The molecule has 34 heavy (non-hydrogen) atoms. The molecule has 1 atom stereocenters. The fourth-order valence-corrected chi connectivity index (χ4v) is 4.29. The number of ether oxygens (including phenoxy) is 4. The Bertz CT molecular complexity index is 1210. The van der Waals surface area contributed by atoms with E-state index in [-0.39, 0.29) is 11.7 Å². The number of rotatable bonds is 8. The Hall–Kier alpha value is -3.30. The van der Waals surface area contributed by atoms with Gasteiger partial charge in [0.2, 0.25) is 0 Å². The van der Waals surface area contributed by atoms with E-state index in [2.05, 4.69) is 10.3 Å². The van der Waals surface area contributed by atoms with Gasteiger partial charge in [-0.15, -0.1) is 0 Å². The molecule has 0 amide bonds. The molecule has 1 unspecified atom stereocenters. The molecule has 1 fully saturated rings. The lowest BCUT2D eigenvalue weighted by Gasteiger charge is -2.28. The van der Waals surface area contributed by atoms with Crippen LogP contribution in [0.25, 0.3) is 10.9 Å². The fourth-order valence-electron chi connectivity index (χ4n) is 4.03. The molecule has 1 aliphatic heterocycles. The number of benzene rings is 2. The summed E-state index contributed by atoms with van der Waals surface area (Å²) in [4.78, 5) is 17.9. The number of thiocarbonyl (C=S) groups is 1. The van der Waals surface area contributed by atoms with Gasteiger partial charge in [-0.05, 0) is 61.5 Å². The van der Waals surface area contributed by atoms with Crippen LogP contribution in [0.5, 0.6) is 17.2 Å². The summed E-state index contributed by atoms with van der Waals surface area (Å²) in [6, 6.07) is 13.0. The molecule has 0 saturated carbocycles. The zero-order valence-electron chi connectivity index (χ0n) is 19.6. The van der Waals surface area contributed by atoms with E-state index in [9.17, 15) is 4.79 Å². The lowest BCUT2D eigenvalue weighted by Crippen LogP contribution is -2.40. The van der Waals surface area contributed by atoms with Gasteiger partial charge in [-0.3, -0.25) is 4.79 Å². The van der Waals surface area contributed by atoms with E-state index >= 15 is 0 Å². The monoisotopic (exact) mass is 483 g/mol. The largest absolute Gasteiger partial charge is 0.497 e. The van der Waals surface area contributed by atoms with Crippen molar-refractivity contribution in [3.8, 4) is 17.2 Å². The van der Waals surface area contributed by atoms with Crippen molar-refractivity contribution in [1.82, 2.24) is 9.88 Å². The third kappa shape index (κ3) is 5.43. The molecule has 9 heteroatoms. The van der Waals surface area contributed by atoms with Crippen molar-refractivity contribution < 1.29 is 18.9 Å². The summed E-state index contributed by atoms with van der Waals surface area (Å²) in [5.41, 5.74) is 1.93. The average Bonchev–Trinajstić information content (AvgIpc) is 3.37. The van der Waals surface area contributed by atoms with E-state index < -0.39 is 0 Å². The van der Waals surface area contributed by atoms with Crippen LogP contribution in [0.2, 0.25) is 0 Å². The Morgan fingerprint density at radius 3 is 2.50 bits per heavy atom. The van der Waals surface area contributed by atoms with E-state index in [0.29, 0.717) is 40.8 Å². The fraction of sp³-hybridized carbons (Fsp3) is 0.360. The molecule has 3 aromatic rings. The van der Waals surface area contributed by atoms with Gasteiger partial charge in [0, 0.05) is 35.9 Å². The lowest BCUT2D eigenvalue weighted by atomic mass is 10.1. The first-order valence-corrected chi connectivity index (χ1v) is 11.5. The standard InChI is InChI=1S/C25H29N3O5S/c1-30-19-8-6-18(7-9-19)26-25(34)28(15-20-5-4-10-33-20)14-17-11-16-12-22(31-2)23(32-3)13-21(16)27-24(17)29/h6-9,11-13,20H,4-5,10,14-15H2,1-3H3,(H,26,34)(H,27,29). The second-order valence-corrected chi connectivity index (χ2v) is 8.48. The second kappa shape index (κ2) is 10.8. The Morgan fingerprint density at radius 1 is 1.12 bits per heavy atom. The SMILES string of the molecule is COc1ccc(NC(=S)N(Cc2cc3cc(OC)c(OC)cc3[nH]c2=O)CC2CCCO2)cc1. The summed E-state index contributed by atoms with van der Waals surface area (Å²) in [6.07, 6.45) is 2.06. The lowest BCUT2D eigenvalue weighted by molar-refractivity contribution is 0.0904. The number of H-pyrrole nitrogens is 1. The number of aromatic amines is 1. The Morgan fingerprint density at radius 2 is 1.85 bits per heavy atom. The third-order valence-electron chi connectivity index (χ3n) is 5.86. The molecule has 8 nitrogen and oxygen atoms in total. The zero-order valence-corrected chi connectivity index (χ0v) is 20.4. The van der Waals surface area contributed by atoms with E-state index in [1.807, 2.05) is 41.3 Å². The van der Waals surface area contributed by atoms with Gasteiger partial charge in [0.1, 0.15) is 5.75 Å². The van der Waals surface area contributed by atoms with Crippen LogP contribution in [0.15, 0.2) is 47.3 Å². The average molecular weight is 484 g/mol. The van der Waals surface area contributed by atoms with Gasteiger partial charge >= 0.3 is 0 Å². The highest BCUT2D eigenvalue weighted by molar-refractivity contribution is 7.80. The predicted octanol–water partition coefficient (Wildman–Crippen LogP) is 3.93. The number of anilines is 1. The maximum absolute atomic E-state index is 12.9. The van der Waals surface area contributed by atoms with Crippen LogP contribution in [0.4, 0.5) is 5.69 Å². The molecule has 0 radical (unpaired) electrons. The summed E-state index contributed by atoms with van der Waals surface area (Å²) in [5.74, 6) is 1.92. The number of hydrogen-bond acceptors (Lipinski definition) is 6. The molecule has 2 N–H and O–H groups in total. The van der Waals surface area contributed by atoms with Gasteiger partial charge in [-0.2, -0.15) is 0 Å². The number of aromatic nitrogens is 1. The molecule has 0 aliphatic carbocycles. The van der Waals surface area contributed by atoms with E-state index in [4.69, 9.17) is 31.2 Å². The Labute approximate surface area is 203 Å². The highest BCUT2D eigenvalue weighted by Gasteiger charge is 2.22. The molecule has 1 saturated heterocycles. The highest BCUT2D eigenvalue weighted by atomic mass is 32.1. The molecule has 0 spiro atoms. The summed E-state index contributed by atoms with van der Waals surface area (Å²) in [5, 5.41) is 4.64. The van der Waals surface area contributed by atoms with Gasteiger partial charge < -0.3 is 34.1 Å². The van der Waals surface area contributed by atoms with Crippen LogP contribution >= 0.6 is 12.2 Å². The van der Waals surface area contributed by atoms with Crippen molar-refractivity contribution in [2.24, 2.45) is 0 Å². The molecule has 2 aromatic carbocycles. The second-order valence-electron chi connectivity index (χ2n) is 8.09. The first kappa shape index (κ1) is 23.8. The Balaban J connectivity index is 1.61. The quantitative estimate of drug-likeness (QED) is 0.466. The van der Waals surface area contributed by atoms with Crippen molar-refractivity contribution in [3.63, 3.8) is 0 Å². The number of methoxy groups -OCH3 is 3. The minimum atomic E-state index is -0.177. The third-order valence-corrected chi connectivity index (χ3v) is 6.22. The maximum atomic E-state index is 12.9. The number of nitrogens with zero attached hydrogens (tertiary/aromatic N) is 1. The van der Waals surface area contributed by atoms with Crippen molar-refractivity contribution in [2.45, 2.75) is 25.5 Å². The Kier molecular flexibility index (Phi) is 7.54. The van der Waals surface area contributed by atoms with Crippen LogP contribution < -0.4 is 25.1 Å². The van der Waals surface area contributed by atoms with Crippen molar-refractivity contribution in [1.29, 1.82) is 0 Å². The van der Waals surface area contributed by atoms with E-state index in [1.165, 1.54) is 0 Å². The van der Waals surface area contributed by atoms with Crippen LogP contribution in [-0.2, 0) is 11.3 Å². The number of pyridine rings is 1. The zero-order chi connectivity index (χ0) is 24.1. The van der Waals surface area contributed by atoms with Crippen LogP contribution in [0.3, 0.4) is 0 Å². The van der Waals surface area contributed by atoms with Gasteiger partial charge in [0.25, 0.3) is 5.56 Å². The van der Waals surface area contributed by atoms with E-state index in [0.717, 1.165) is 36.3 Å². The van der Waals surface area contributed by atoms with Crippen LogP contribution in [0, 0.1) is 0 Å². The minimum Gasteiger partial charge on any atom is -0.497 e. The maximum Gasteiger partial charge on any atom is 0.253 e. The number of hydrogen-bond donors (Lipinski definition) is 2. The first-order valence-electron chi connectivity index (χ1n) is 11.1. The summed E-state index contributed by atoms with van der Waals surface area (Å²) in [6.45, 7) is 1.67. The van der Waals surface area contributed by atoms with Gasteiger partial charge in [-0.25, -0.2) is 0 Å². The molecule has 0 bridgehead atoms. The molecular formula is C25H29N3O5S. The predicted molar refractivity (Wildman–Crippen MR) is 136 cm³/mol. The summed E-state index contributed by atoms with van der Waals surface area (Å²) < 4.78 is 21.8. The number of nitrogens with one attached hydrogen (secondary N) is 2. The first-order chi connectivity index (χ1) is 16.5. The van der Waals surface area contributed by atoms with Gasteiger partial charge in [0.05, 0.1) is 39.5 Å².